The van der Waals surface area contributed by atoms with Gasteiger partial charge in [-0.15, -0.1) is 0 Å². The van der Waals surface area contributed by atoms with Crippen LogP contribution < -0.4 is 5.43 Å². The lowest BCUT2D eigenvalue weighted by Gasteiger charge is -2.18. The molecule has 0 saturated carbocycles. The first-order chi connectivity index (χ1) is 13.9. The van der Waals surface area contributed by atoms with Crippen molar-refractivity contribution in [2.45, 2.75) is 26.2 Å². The summed E-state index contributed by atoms with van der Waals surface area (Å²) in [7, 11) is 0. The van der Waals surface area contributed by atoms with Crippen molar-refractivity contribution < 1.29 is 4.79 Å². The Kier molecular flexibility index (Phi) is 4.89. The minimum atomic E-state index is -0.216. The number of hydrogen-bond donors (Lipinski definition) is 1. The summed E-state index contributed by atoms with van der Waals surface area (Å²) in [6.45, 7) is 6.46. The minimum absolute atomic E-state index is 0.0581. The van der Waals surface area contributed by atoms with E-state index in [1.807, 2.05) is 48.5 Å². The zero-order valence-corrected chi connectivity index (χ0v) is 16.9. The van der Waals surface area contributed by atoms with Crippen LogP contribution in [0.5, 0.6) is 0 Å². The highest BCUT2D eigenvalue weighted by Crippen LogP contribution is 2.27. The molecule has 3 nitrogen and oxygen atoms in total. The summed E-state index contributed by atoms with van der Waals surface area (Å²) in [6, 6.07) is 26.3. The van der Waals surface area contributed by atoms with E-state index >= 15 is 0 Å². The van der Waals surface area contributed by atoms with Gasteiger partial charge in [0.25, 0.3) is 5.91 Å². The number of hydrazone groups is 1. The number of hydrogen-bond acceptors (Lipinski definition) is 2. The molecule has 3 heteroatoms. The van der Waals surface area contributed by atoms with Gasteiger partial charge in [0.2, 0.25) is 0 Å². The van der Waals surface area contributed by atoms with Crippen molar-refractivity contribution in [3.05, 3.63) is 95.6 Å². The van der Waals surface area contributed by atoms with Crippen molar-refractivity contribution in [2.75, 3.05) is 0 Å². The van der Waals surface area contributed by atoms with E-state index in [0.717, 1.165) is 27.1 Å². The lowest BCUT2D eigenvalue weighted by Crippen LogP contribution is -2.18. The molecule has 0 radical (unpaired) electrons. The fraction of sp³-hybridized carbons (Fsp3) is 0.154. The van der Waals surface area contributed by atoms with E-state index in [1.165, 1.54) is 5.56 Å². The third-order valence-electron chi connectivity index (χ3n) is 5.19. The SMILES string of the molecule is CC(C)(C)c1ccc(C(=O)N/N=C\c2c3ccccc3cc3ccccc23)cc1. The second-order valence-electron chi connectivity index (χ2n) is 8.26. The molecule has 0 atom stereocenters. The van der Waals surface area contributed by atoms with Gasteiger partial charge in [0.1, 0.15) is 0 Å². The highest BCUT2D eigenvalue weighted by Gasteiger charge is 2.14. The average Bonchev–Trinajstić information content (AvgIpc) is 2.72. The molecule has 0 spiro atoms. The van der Waals surface area contributed by atoms with Gasteiger partial charge in [0, 0.05) is 11.1 Å². The molecule has 0 aliphatic rings. The Balaban J connectivity index is 1.62. The van der Waals surface area contributed by atoms with Crippen molar-refractivity contribution in [3.63, 3.8) is 0 Å². The van der Waals surface area contributed by atoms with Gasteiger partial charge < -0.3 is 0 Å². The standard InChI is InChI=1S/C26H24N2O/c1-26(2,3)21-14-12-18(13-15-21)25(29)28-27-17-24-22-10-6-4-8-19(22)16-20-9-5-7-11-23(20)24/h4-17H,1-3H3,(H,28,29)/b27-17-. The van der Waals surface area contributed by atoms with Crippen LogP contribution in [0, 0.1) is 0 Å². The number of nitrogens with zero attached hydrogens (tertiary/aromatic N) is 1. The highest BCUT2D eigenvalue weighted by atomic mass is 16.2. The molecule has 0 saturated heterocycles. The lowest BCUT2D eigenvalue weighted by atomic mass is 9.87. The van der Waals surface area contributed by atoms with Crippen LogP contribution in [0.4, 0.5) is 0 Å². The van der Waals surface area contributed by atoms with Crippen LogP contribution >= 0.6 is 0 Å². The molecule has 0 unspecified atom stereocenters. The molecule has 4 rings (SSSR count). The zero-order chi connectivity index (χ0) is 20.4. The predicted octanol–water partition coefficient (Wildman–Crippen LogP) is 6.05. The van der Waals surface area contributed by atoms with Crippen LogP contribution in [0.2, 0.25) is 0 Å². The molecule has 0 aliphatic heterocycles. The maximum atomic E-state index is 12.5. The van der Waals surface area contributed by atoms with Crippen LogP contribution in [-0.2, 0) is 5.41 Å². The van der Waals surface area contributed by atoms with E-state index in [2.05, 4.69) is 61.6 Å². The molecule has 4 aromatic rings. The number of carbonyl (C=O) groups excluding carboxylic acids is 1. The quantitative estimate of drug-likeness (QED) is 0.262. The zero-order valence-electron chi connectivity index (χ0n) is 16.9. The molecule has 0 aliphatic carbocycles. The number of benzene rings is 4. The van der Waals surface area contributed by atoms with Crippen LogP contribution in [0.15, 0.2) is 84.0 Å². The monoisotopic (exact) mass is 380 g/mol. The Bertz CT molecular complexity index is 1160. The third kappa shape index (κ3) is 3.90. The third-order valence-corrected chi connectivity index (χ3v) is 5.19. The van der Waals surface area contributed by atoms with E-state index < -0.39 is 0 Å². The largest absolute Gasteiger partial charge is 0.271 e. The van der Waals surface area contributed by atoms with Crippen molar-refractivity contribution in [2.24, 2.45) is 5.10 Å². The van der Waals surface area contributed by atoms with E-state index in [1.54, 1.807) is 6.21 Å². The molecule has 4 aromatic carbocycles. The first-order valence-electron chi connectivity index (χ1n) is 9.78. The summed E-state index contributed by atoms with van der Waals surface area (Å²) in [4.78, 5) is 12.5. The fourth-order valence-corrected chi connectivity index (χ4v) is 3.53. The number of fused-ring (bicyclic) bond motifs is 2. The summed E-state index contributed by atoms with van der Waals surface area (Å²) in [6.07, 6.45) is 1.74. The van der Waals surface area contributed by atoms with Crippen molar-refractivity contribution in [1.29, 1.82) is 0 Å². The maximum Gasteiger partial charge on any atom is 0.271 e. The molecule has 1 N–H and O–H groups in total. The predicted molar refractivity (Wildman–Crippen MR) is 122 cm³/mol. The van der Waals surface area contributed by atoms with Gasteiger partial charge >= 0.3 is 0 Å². The molecule has 0 bridgehead atoms. The topological polar surface area (TPSA) is 41.5 Å². The van der Waals surface area contributed by atoms with Crippen LogP contribution in [0.25, 0.3) is 21.5 Å². The molecule has 1 amide bonds. The minimum Gasteiger partial charge on any atom is -0.267 e. The summed E-state index contributed by atoms with van der Waals surface area (Å²) in [5, 5.41) is 8.78. The summed E-state index contributed by atoms with van der Waals surface area (Å²) in [5.74, 6) is -0.216. The summed E-state index contributed by atoms with van der Waals surface area (Å²) < 4.78 is 0. The lowest BCUT2D eigenvalue weighted by molar-refractivity contribution is 0.0955. The summed E-state index contributed by atoms with van der Waals surface area (Å²) >= 11 is 0. The van der Waals surface area contributed by atoms with E-state index in [9.17, 15) is 4.79 Å². The molecule has 0 aromatic heterocycles. The highest BCUT2D eigenvalue weighted by molar-refractivity contribution is 6.13. The van der Waals surface area contributed by atoms with E-state index in [4.69, 9.17) is 0 Å². The number of nitrogens with one attached hydrogen (secondary N) is 1. The van der Waals surface area contributed by atoms with Gasteiger partial charge in [0.15, 0.2) is 0 Å². The Morgan fingerprint density at radius 1 is 0.828 bits per heavy atom. The average molecular weight is 380 g/mol. The Morgan fingerprint density at radius 2 is 1.38 bits per heavy atom. The van der Waals surface area contributed by atoms with Gasteiger partial charge in [-0.1, -0.05) is 81.4 Å². The molecular formula is C26H24N2O. The first kappa shape index (κ1) is 18.9. The number of rotatable bonds is 3. The maximum absolute atomic E-state index is 12.5. The second kappa shape index (κ2) is 7.51. The molecular weight excluding hydrogens is 356 g/mol. The molecule has 144 valence electrons. The van der Waals surface area contributed by atoms with Crippen LogP contribution in [0.1, 0.15) is 42.3 Å². The Morgan fingerprint density at radius 3 is 1.93 bits per heavy atom. The van der Waals surface area contributed by atoms with Crippen LogP contribution in [-0.4, -0.2) is 12.1 Å². The Labute approximate surface area is 171 Å². The van der Waals surface area contributed by atoms with E-state index in [0.29, 0.717) is 5.56 Å². The normalized spacial score (nSPS) is 12.0. The number of amides is 1. The van der Waals surface area contributed by atoms with Crippen molar-refractivity contribution >= 4 is 33.7 Å². The van der Waals surface area contributed by atoms with Crippen molar-refractivity contribution in [3.8, 4) is 0 Å². The first-order valence-corrected chi connectivity index (χ1v) is 9.78. The van der Waals surface area contributed by atoms with Crippen LogP contribution in [0.3, 0.4) is 0 Å². The van der Waals surface area contributed by atoms with Gasteiger partial charge in [0.05, 0.1) is 6.21 Å². The molecule has 0 fully saturated rings. The van der Waals surface area contributed by atoms with Gasteiger partial charge in [-0.3, -0.25) is 4.79 Å². The van der Waals surface area contributed by atoms with Gasteiger partial charge in [-0.25, -0.2) is 5.43 Å². The number of carbonyl (C=O) groups is 1. The smallest absolute Gasteiger partial charge is 0.267 e. The molecule has 0 heterocycles. The van der Waals surface area contributed by atoms with Crippen molar-refractivity contribution in [1.82, 2.24) is 5.43 Å². The van der Waals surface area contributed by atoms with Gasteiger partial charge in [-0.05, 0) is 50.7 Å². The molecule has 29 heavy (non-hydrogen) atoms. The van der Waals surface area contributed by atoms with Gasteiger partial charge in [-0.2, -0.15) is 5.10 Å². The Hall–Kier alpha value is -3.46. The summed E-state index contributed by atoms with van der Waals surface area (Å²) in [5.41, 5.74) is 5.52. The van der Waals surface area contributed by atoms with E-state index in [-0.39, 0.29) is 11.3 Å². The second-order valence-corrected chi connectivity index (χ2v) is 8.26. The fourth-order valence-electron chi connectivity index (χ4n) is 3.53.